The van der Waals surface area contributed by atoms with Gasteiger partial charge < -0.3 is 4.42 Å². The lowest BCUT2D eigenvalue weighted by Gasteiger charge is -2.04. The lowest BCUT2D eigenvalue weighted by molar-refractivity contribution is 0.104. The third-order valence-corrected chi connectivity index (χ3v) is 3.46. The molecule has 1 aromatic heterocycles. The molecule has 0 spiro atoms. The van der Waals surface area contributed by atoms with E-state index in [-0.39, 0.29) is 5.78 Å². The highest BCUT2D eigenvalue weighted by molar-refractivity contribution is 6.09. The molecule has 0 aliphatic heterocycles. The van der Waals surface area contributed by atoms with Gasteiger partial charge in [-0.25, -0.2) is 4.79 Å². The number of carbonyl (C=O) groups is 1. The summed E-state index contributed by atoms with van der Waals surface area (Å²) in [5, 5.41) is 2.17. The van der Waals surface area contributed by atoms with Gasteiger partial charge in [-0.2, -0.15) is 0 Å². The van der Waals surface area contributed by atoms with E-state index in [4.69, 9.17) is 4.42 Å². The Morgan fingerprint density at radius 1 is 1.05 bits per heavy atom. The molecule has 3 nitrogen and oxygen atoms in total. The summed E-state index contributed by atoms with van der Waals surface area (Å²) in [4.78, 5) is 24.0. The van der Waals surface area contributed by atoms with Crippen LogP contribution in [-0.4, -0.2) is 5.78 Å². The second-order valence-electron chi connectivity index (χ2n) is 4.54. The van der Waals surface area contributed by atoms with Crippen LogP contribution >= 0.6 is 0 Å². The van der Waals surface area contributed by atoms with E-state index in [0.29, 0.717) is 21.8 Å². The summed E-state index contributed by atoms with van der Waals surface area (Å²) in [5.74, 6) is -0.147. The molecule has 0 atom stereocenters. The Bertz CT molecular complexity index is 1040. The van der Waals surface area contributed by atoms with Gasteiger partial charge in [-0.3, -0.25) is 4.79 Å². The van der Waals surface area contributed by atoms with Crippen molar-refractivity contribution >= 4 is 17.9 Å². The molecule has 0 bridgehead atoms. The average molecular weight is 248 g/mol. The van der Waals surface area contributed by atoms with E-state index in [0.717, 1.165) is 10.4 Å². The molecule has 90 valence electrons. The molecule has 0 saturated heterocycles. The SMILES string of the molecule is O=C1C=CC=c2c1c1c(oc2=O)=c2ccccc2=C1. The number of rotatable bonds is 0. The van der Waals surface area contributed by atoms with E-state index in [9.17, 15) is 9.59 Å². The van der Waals surface area contributed by atoms with Crippen molar-refractivity contribution in [1.82, 2.24) is 0 Å². The number of allylic oxidation sites excluding steroid dienone is 2. The van der Waals surface area contributed by atoms with E-state index in [1.165, 1.54) is 6.08 Å². The Labute approximate surface area is 107 Å². The van der Waals surface area contributed by atoms with Crippen LogP contribution in [0.3, 0.4) is 0 Å². The predicted molar refractivity (Wildman–Crippen MR) is 69.8 cm³/mol. The summed E-state index contributed by atoms with van der Waals surface area (Å²) < 4.78 is 5.39. The van der Waals surface area contributed by atoms with Crippen molar-refractivity contribution in [2.24, 2.45) is 0 Å². The van der Waals surface area contributed by atoms with Gasteiger partial charge in [-0.1, -0.05) is 30.3 Å². The fourth-order valence-corrected chi connectivity index (χ4v) is 2.62. The summed E-state index contributed by atoms with van der Waals surface area (Å²) in [6.07, 6.45) is 6.58. The molecule has 4 rings (SSSR count). The Morgan fingerprint density at radius 3 is 2.79 bits per heavy atom. The van der Waals surface area contributed by atoms with Crippen molar-refractivity contribution in [3.05, 3.63) is 79.0 Å². The Kier molecular flexibility index (Phi) is 1.85. The highest BCUT2D eigenvalue weighted by atomic mass is 16.4. The molecule has 3 heteroatoms. The fraction of sp³-hybridized carbons (Fsp3) is 0. The van der Waals surface area contributed by atoms with Crippen LogP contribution in [0.5, 0.6) is 0 Å². The number of hydrogen-bond acceptors (Lipinski definition) is 3. The minimum atomic E-state index is -0.462. The standard InChI is InChI=1S/C16H8O3/c17-13-7-3-6-11-14(13)12-8-9-4-1-2-5-10(9)15(12)19-16(11)18/h1-8H. The summed E-state index contributed by atoms with van der Waals surface area (Å²) in [5.41, 5.74) is 1.19. The van der Waals surface area contributed by atoms with Gasteiger partial charge in [0.15, 0.2) is 5.78 Å². The number of benzene rings is 1. The van der Waals surface area contributed by atoms with Crippen molar-refractivity contribution in [2.45, 2.75) is 0 Å². The molecule has 0 amide bonds. The van der Waals surface area contributed by atoms with Gasteiger partial charge in [0.2, 0.25) is 0 Å². The van der Waals surface area contributed by atoms with Crippen LogP contribution in [-0.2, 0) is 0 Å². The first-order chi connectivity index (χ1) is 9.25. The van der Waals surface area contributed by atoms with Crippen molar-refractivity contribution in [1.29, 1.82) is 0 Å². The maximum Gasteiger partial charge on any atom is 0.344 e. The van der Waals surface area contributed by atoms with Crippen molar-refractivity contribution in [2.75, 3.05) is 0 Å². The minimum Gasteiger partial charge on any atom is -0.422 e. The fourth-order valence-electron chi connectivity index (χ4n) is 2.62. The topological polar surface area (TPSA) is 47.3 Å². The monoisotopic (exact) mass is 248 g/mol. The quantitative estimate of drug-likeness (QED) is 0.585. The molecular weight excluding hydrogens is 240 g/mol. The summed E-state index contributed by atoms with van der Waals surface area (Å²) >= 11 is 0. The number of ketones is 1. The number of hydrogen-bond donors (Lipinski definition) is 0. The third-order valence-electron chi connectivity index (χ3n) is 3.46. The summed E-state index contributed by atoms with van der Waals surface area (Å²) in [7, 11) is 0. The second-order valence-corrected chi connectivity index (χ2v) is 4.54. The molecule has 0 radical (unpaired) electrons. The molecule has 2 aliphatic rings. The van der Waals surface area contributed by atoms with E-state index in [1.807, 2.05) is 30.3 Å². The van der Waals surface area contributed by atoms with Crippen molar-refractivity contribution < 1.29 is 9.21 Å². The molecule has 0 fully saturated rings. The van der Waals surface area contributed by atoms with Crippen LogP contribution in [0.1, 0.15) is 15.9 Å². The Hall–Kier alpha value is -2.68. The number of fused-ring (bicyclic) bond motifs is 4. The zero-order valence-corrected chi connectivity index (χ0v) is 9.84. The number of carbonyl (C=O) groups excluding carboxylic acids is 1. The van der Waals surface area contributed by atoms with Gasteiger partial charge in [0.25, 0.3) is 0 Å². The predicted octanol–water partition coefficient (Wildman–Crippen LogP) is 0.602. The Balaban J connectivity index is 2.37. The van der Waals surface area contributed by atoms with Crippen LogP contribution in [0.4, 0.5) is 0 Å². The first kappa shape index (κ1) is 10.3. The zero-order valence-electron chi connectivity index (χ0n) is 9.84. The first-order valence-corrected chi connectivity index (χ1v) is 5.97. The largest absolute Gasteiger partial charge is 0.422 e. The minimum absolute atomic E-state index is 0.147. The van der Waals surface area contributed by atoms with Gasteiger partial charge in [0.1, 0.15) is 5.42 Å². The molecule has 0 unspecified atom stereocenters. The van der Waals surface area contributed by atoms with E-state index >= 15 is 0 Å². The summed E-state index contributed by atoms with van der Waals surface area (Å²) in [6, 6.07) is 7.63. The molecule has 0 saturated carbocycles. The van der Waals surface area contributed by atoms with Crippen molar-refractivity contribution in [3.8, 4) is 0 Å². The van der Waals surface area contributed by atoms with Gasteiger partial charge >= 0.3 is 5.63 Å². The highest BCUT2D eigenvalue weighted by Gasteiger charge is 2.19. The van der Waals surface area contributed by atoms with Gasteiger partial charge in [0.05, 0.1) is 5.22 Å². The molecule has 2 aromatic rings. The molecule has 2 aliphatic carbocycles. The molecule has 19 heavy (non-hydrogen) atoms. The lowest BCUT2D eigenvalue weighted by atomic mass is 10.00. The molecular formula is C16H8O3. The van der Waals surface area contributed by atoms with Crippen LogP contribution in [0.15, 0.2) is 45.6 Å². The smallest absolute Gasteiger partial charge is 0.344 e. The molecule has 0 N–H and O–H groups in total. The van der Waals surface area contributed by atoms with Gasteiger partial charge in [-0.05, 0) is 23.4 Å². The maximum atomic E-state index is 12.0. The van der Waals surface area contributed by atoms with Crippen LogP contribution in [0.25, 0.3) is 12.2 Å². The zero-order chi connectivity index (χ0) is 13.0. The second kappa shape index (κ2) is 3.42. The first-order valence-electron chi connectivity index (χ1n) is 5.97. The molecule has 1 heterocycles. The van der Waals surface area contributed by atoms with Gasteiger partial charge in [-0.15, -0.1) is 0 Å². The van der Waals surface area contributed by atoms with Crippen LogP contribution in [0, 0.1) is 10.6 Å². The lowest BCUT2D eigenvalue weighted by Crippen LogP contribution is -2.32. The molecule has 1 aromatic carbocycles. The summed E-state index contributed by atoms with van der Waals surface area (Å²) in [6.45, 7) is 0. The van der Waals surface area contributed by atoms with E-state index < -0.39 is 5.63 Å². The van der Waals surface area contributed by atoms with E-state index in [2.05, 4.69) is 0 Å². The van der Waals surface area contributed by atoms with E-state index in [1.54, 1.807) is 12.2 Å². The van der Waals surface area contributed by atoms with Gasteiger partial charge in [0, 0.05) is 16.3 Å². The normalized spacial score (nSPS) is 14.2. The van der Waals surface area contributed by atoms with Crippen LogP contribution < -0.4 is 16.1 Å². The highest BCUT2D eigenvalue weighted by Crippen LogP contribution is 2.14. The van der Waals surface area contributed by atoms with Crippen molar-refractivity contribution in [3.63, 3.8) is 0 Å². The maximum absolute atomic E-state index is 12.0. The third kappa shape index (κ3) is 1.27. The average Bonchev–Trinajstić information content (AvgIpc) is 2.78. The van der Waals surface area contributed by atoms with Crippen LogP contribution in [0.2, 0.25) is 0 Å². The Morgan fingerprint density at radius 2 is 1.89 bits per heavy atom.